The normalized spacial score (nSPS) is 14.6. The molecule has 1 aliphatic heterocycles. The smallest absolute Gasteiger partial charge is 0.266 e. The van der Waals surface area contributed by atoms with E-state index >= 15 is 0 Å². The standard InChI is InChI=1S/C18H11BrN2O3S/c19-16-4-2-1-3-13(16)9-14(11-20)18(22)21-15-6-5-12-7-8-25(23,24)17(12)10-15/h1-10H,(H,21,22). The Morgan fingerprint density at radius 2 is 1.96 bits per heavy atom. The molecule has 1 N–H and O–H groups in total. The van der Waals surface area contributed by atoms with Crippen molar-refractivity contribution in [2.75, 3.05) is 5.32 Å². The lowest BCUT2D eigenvalue weighted by molar-refractivity contribution is -0.112. The van der Waals surface area contributed by atoms with Gasteiger partial charge in [0.15, 0.2) is 0 Å². The van der Waals surface area contributed by atoms with Gasteiger partial charge in [-0.05, 0) is 41.5 Å². The first-order valence-corrected chi connectivity index (χ1v) is 9.49. The van der Waals surface area contributed by atoms with E-state index in [-0.39, 0.29) is 10.5 Å². The fraction of sp³-hybridized carbons (Fsp3) is 0. The van der Waals surface area contributed by atoms with Gasteiger partial charge in [0.05, 0.1) is 4.90 Å². The first kappa shape index (κ1) is 17.1. The molecule has 1 aliphatic rings. The summed E-state index contributed by atoms with van der Waals surface area (Å²) in [5.41, 5.74) is 1.48. The zero-order valence-corrected chi connectivity index (χ0v) is 15.1. The molecule has 1 heterocycles. The minimum absolute atomic E-state index is 0.0895. The Labute approximate surface area is 153 Å². The SMILES string of the molecule is N#CC(=Cc1ccccc1Br)C(=O)Nc1ccc2c(c1)S(=O)(=O)C=C2. The van der Waals surface area contributed by atoms with Crippen molar-refractivity contribution in [3.8, 4) is 6.07 Å². The second-order valence-electron chi connectivity index (χ2n) is 5.25. The number of hydrogen-bond acceptors (Lipinski definition) is 4. The van der Waals surface area contributed by atoms with Gasteiger partial charge in [-0.2, -0.15) is 5.26 Å². The number of anilines is 1. The number of sulfone groups is 1. The minimum Gasteiger partial charge on any atom is -0.321 e. The van der Waals surface area contributed by atoms with Crippen molar-refractivity contribution in [1.82, 2.24) is 0 Å². The molecule has 0 atom stereocenters. The van der Waals surface area contributed by atoms with Crippen LogP contribution in [0.25, 0.3) is 12.2 Å². The third-order valence-electron chi connectivity index (χ3n) is 3.57. The van der Waals surface area contributed by atoms with Crippen molar-refractivity contribution in [2.24, 2.45) is 0 Å². The second kappa shape index (κ2) is 6.67. The van der Waals surface area contributed by atoms with Crippen LogP contribution >= 0.6 is 15.9 Å². The van der Waals surface area contributed by atoms with Crippen LogP contribution in [-0.4, -0.2) is 14.3 Å². The number of nitrogens with zero attached hydrogens (tertiary/aromatic N) is 1. The van der Waals surface area contributed by atoms with Crippen LogP contribution in [0.3, 0.4) is 0 Å². The minimum atomic E-state index is -3.46. The van der Waals surface area contributed by atoms with Crippen molar-refractivity contribution in [1.29, 1.82) is 5.26 Å². The first-order valence-electron chi connectivity index (χ1n) is 7.15. The molecule has 124 valence electrons. The van der Waals surface area contributed by atoms with Gasteiger partial charge >= 0.3 is 0 Å². The summed E-state index contributed by atoms with van der Waals surface area (Å²) in [6.45, 7) is 0. The molecule has 0 bridgehead atoms. The Kier molecular flexibility index (Phi) is 4.57. The Hall–Kier alpha value is -2.69. The molecule has 1 amide bonds. The molecule has 2 aromatic rings. The number of carbonyl (C=O) groups is 1. The topological polar surface area (TPSA) is 87.0 Å². The number of nitriles is 1. The average molecular weight is 415 g/mol. The summed E-state index contributed by atoms with van der Waals surface area (Å²) in [5.74, 6) is -0.610. The first-order chi connectivity index (χ1) is 11.9. The van der Waals surface area contributed by atoms with Gasteiger partial charge in [-0.15, -0.1) is 0 Å². The fourth-order valence-corrected chi connectivity index (χ4v) is 3.95. The molecule has 2 aromatic carbocycles. The molecule has 0 fully saturated rings. The monoisotopic (exact) mass is 414 g/mol. The van der Waals surface area contributed by atoms with Crippen molar-refractivity contribution in [3.63, 3.8) is 0 Å². The molecule has 0 saturated carbocycles. The van der Waals surface area contributed by atoms with Crippen molar-refractivity contribution >= 4 is 49.5 Å². The van der Waals surface area contributed by atoms with Crippen LogP contribution in [0, 0.1) is 11.3 Å². The molecule has 7 heteroatoms. The molecule has 0 spiro atoms. The summed E-state index contributed by atoms with van der Waals surface area (Å²) in [6.07, 6.45) is 2.97. The Balaban J connectivity index is 1.88. The zero-order chi connectivity index (χ0) is 18.0. The quantitative estimate of drug-likeness (QED) is 0.611. The molecule has 0 radical (unpaired) electrons. The van der Waals surface area contributed by atoms with Crippen molar-refractivity contribution in [2.45, 2.75) is 4.90 Å². The van der Waals surface area contributed by atoms with E-state index in [0.29, 0.717) is 16.8 Å². The van der Waals surface area contributed by atoms with Gasteiger partial charge in [-0.1, -0.05) is 40.2 Å². The second-order valence-corrected chi connectivity index (χ2v) is 7.90. The lowest BCUT2D eigenvalue weighted by Gasteiger charge is -2.07. The molecular weight excluding hydrogens is 404 g/mol. The number of carbonyl (C=O) groups excluding carboxylic acids is 1. The summed E-state index contributed by atoms with van der Waals surface area (Å²) in [4.78, 5) is 12.5. The zero-order valence-electron chi connectivity index (χ0n) is 12.7. The van der Waals surface area contributed by atoms with Gasteiger partial charge in [0.25, 0.3) is 5.91 Å². The molecule has 0 aromatic heterocycles. The van der Waals surface area contributed by atoms with E-state index in [2.05, 4.69) is 21.2 Å². The molecule has 25 heavy (non-hydrogen) atoms. The number of halogens is 1. The van der Waals surface area contributed by atoms with Gasteiger partial charge in [0, 0.05) is 15.6 Å². The van der Waals surface area contributed by atoms with E-state index in [1.807, 2.05) is 12.1 Å². The largest absolute Gasteiger partial charge is 0.321 e. The highest BCUT2D eigenvalue weighted by atomic mass is 79.9. The van der Waals surface area contributed by atoms with Crippen LogP contribution < -0.4 is 5.32 Å². The van der Waals surface area contributed by atoms with Crippen LogP contribution in [0.2, 0.25) is 0 Å². The van der Waals surface area contributed by atoms with Gasteiger partial charge in [-0.25, -0.2) is 8.42 Å². The van der Waals surface area contributed by atoms with E-state index in [1.54, 1.807) is 30.3 Å². The van der Waals surface area contributed by atoms with Gasteiger partial charge in [-0.3, -0.25) is 4.79 Å². The highest BCUT2D eigenvalue weighted by Gasteiger charge is 2.21. The molecule has 3 rings (SSSR count). The fourth-order valence-electron chi connectivity index (χ4n) is 2.33. The van der Waals surface area contributed by atoms with Crippen LogP contribution in [0.4, 0.5) is 5.69 Å². The van der Waals surface area contributed by atoms with E-state index in [9.17, 15) is 18.5 Å². The molecule has 0 saturated heterocycles. The number of hydrogen-bond donors (Lipinski definition) is 1. The average Bonchev–Trinajstić information content (AvgIpc) is 2.89. The Morgan fingerprint density at radius 3 is 2.68 bits per heavy atom. The Bertz CT molecular complexity index is 1080. The highest BCUT2D eigenvalue weighted by Crippen LogP contribution is 2.29. The van der Waals surface area contributed by atoms with Crippen LogP contribution in [0.1, 0.15) is 11.1 Å². The third kappa shape index (κ3) is 3.55. The number of fused-ring (bicyclic) bond motifs is 1. The van der Waals surface area contributed by atoms with E-state index < -0.39 is 15.7 Å². The lowest BCUT2D eigenvalue weighted by Crippen LogP contribution is -2.13. The van der Waals surface area contributed by atoms with Crippen molar-refractivity contribution in [3.05, 3.63) is 69.0 Å². The van der Waals surface area contributed by atoms with E-state index in [0.717, 1.165) is 9.88 Å². The number of benzene rings is 2. The maximum Gasteiger partial charge on any atom is 0.266 e. The summed E-state index contributed by atoms with van der Waals surface area (Å²) < 4.78 is 24.5. The predicted molar refractivity (Wildman–Crippen MR) is 99.0 cm³/mol. The third-order valence-corrected chi connectivity index (χ3v) is 5.76. The maximum absolute atomic E-state index is 12.3. The Morgan fingerprint density at radius 1 is 1.20 bits per heavy atom. The van der Waals surface area contributed by atoms with Crippen molar-refractivity contribution < 1.29 is 13.2 Å². The predicted octanol–water partition coefficient (Wildman–Crippen LogP) is 3.75. The van der Waals surface area contributed by atoms with Gasteiger partial charge in [0.1, 0.15) is 11.6 Å². The summed E-state index contributed by atoms with van der Waals surface area (Å²) in [7, 11) is -3.46. The summed E-state index contributed by atoms with van der Waals surface area (Å²) >= 11 is 3.36. The lowest BCUT2D eigenvalue weighted by atomic mass is 10.1. The molecule has 0 unspecified atom stereocenters. The maximum atomic E-state index is 12.3. The molecule has 5 nitrogen and oxygen atoms in total. The summed E-state index contributed by atoms with van der Waals surface area (Å²) in [5, 5.41) is 12.9. The van der Waals surface area contributed by atoms with Crippen LogP contribution in [-0.2, 0) is 14.6 Å². The molecule has 0 aliphatic carbocycles. The number of amides is 1. The van der Waals surface area contributed by atoms with Crippen LogP contribution in [0.5, 0.6) is 0 Å². The van der Waals surface area contributed by atoms with Gasteiger partial charge < -0.3 is 5.32 Å². The number of rotatable bonds is 3. The number of nitrogens with one attached hydrogen (secondary N) is 1. The van der Waals surface area contributed by atoms with Gasteiger partial charge in [0.2, 0.25) is 9.84 Å². The van der Waals surface area contributed by atoms with Crippen LogP contribution in [0.15, 0.2) is 62.8 Å². The van der Waals surface area contributed by atoms with E-state index in [4.69, 9.17) is 0 Å². The van der Waals surface area contributed by atoms with E-state index in [1.165, 1.54) is 18.2 Å². The highest BCUT2D eigenvalue weighted by molar-refractivity contribution is 9.10. The molecular formula is C18H11BrN2O3S. The summed E-state index contributed by atoms with van der Waals surface area (Å²) in [6, 6.07) is 13.6.